The minimum Gasteiger partial charge on any atom is -0.392 e. The average Bonchev–Trinajstić information content (AvgIpc) is 2.73. The van der Waals surface area contributed by atoms with E-state index in [-0.39, 0.29) is 18.4 Å². The van der Waals surface area contributed by atoms with Crippen molar-refractivity contribution in [2.24, 2.45) is 5.92 Å². The average molecular weight is 283 g/mol. The summed E-state index contributed by atoms with van der Waals surface area (Å²) in [4.78, 5) is 0. The fourth-order valence-corrected chi connectivity index (χ4v) is 4.07. The normalized spacial score (nSPS) is 23.7. The molecular weight excluding hydrogens is 262 g/mol. The topological polar surface area (TPSA) is 66.4 Å². The third kappa shape index (κ3) is 4.30. The Labute approximate surface area is 114 Å². The molecule has 1 fully saturated rings. The molecule has 5 heteroatoms. The fraction of sp³-hybridized carbons (Fsp3) is 0.571. The second-order valence-corrected chi connectivity index (χ2v) is 7.22. The van der Waals surface area contributed by atoms with E-state index in [1.807, 2.05) is 0 Å². The number of hydrogen-bond acceptors (Lipinski definition) is 3. The Hall–Kier alpha value is -0.910. The third-order valence-corrected chi connectivity index (χ3v) is 4.98. The lowest BCUT2D eigenvalue weighted by atomic mass is 10.1. The first-order valence-electron chi connectivity index (χ1n) is 6.67. The maximum Gasteiger partial charge on any atom is 0.216 e. The molecule has 0 aromatic heterocycles. The molecule has 106 valence electrons. The van der Waals surface area contributed by atoms with Crippen molar-refractivity contribution < 1.29 is 13.5 Å². The van der Waals surface area contributed by atoms with Crippen molar-refractivity contribution in [1.29, 1.82) is 0 Å². The van der Waals surface area contributed by atoms with E-state index in [0.29, 0.717) is 11.5 Å². The molecule has 1 saturated carbocycles. The van der Waals surface area contributed by atoms with Crippen LogP contribution in [0, 0.1) is 5.92 Å². The predicted octanol–water partition coefficient (Wildman–Crippen LogP) is 1.79. The van der Waals surface area contributed by atoms with Gasteiger partial charge in [-0.1, -0.05) is 31.2 Å². The first kappa shape index (κ1) is 14.5. The largest absolute Gasteiger partial charge is 0.392 e. The molecular formula is C14H21NO3S. The highest BCUT2D eigenvalue weighted by atomic mass is 32.2. The SMILES string of the molecule is CC1CCC(NS(=O)(=O)Cc2cccc(CO)c2)C1. The molecule has 19 heavy (non-hydrogen) atoms. The van der Waals surface area contributed by atoms with Crippen molar-refractivity contribution in [3.63, 3.8) is 0 Å². The van der Waals surface area contributed by atoms with Crippen molar-refractivity contribution >= 4 is 10.0 Å². The molecule has 0 saturated heterocycles. The summed E-state index contributed by atoms with van der Waals surface area (Å²) in [6.07, 6.45) is 2.94. The van der Waals surface area contributed by atoms with Crippen LogP contribution in [0.25, 0.3) is 0 Å². The molecule has 0 bridgehead atoms. The molecule has 4 nitrogen and oxygen atoms in total. The van der Waals surface area contributed by atoms with Gasteiger partial charge in [-0.05, 0) is 36.3 Å². The lowest BCUT2D eigenvalue weighted by Crippen LogP contribution is -2.33. The number of aliphatic hydroxyl groups is 1. The van der Waals surface area contributed by atoms with Gasteiger partial charge in [0.25, 0.3) is 0 Å². The van der Waals surface area contributed by atoms with Gasteiger partial charge in [-0.2, -0.15) is 0 Å². The van der Waals surface area contributed by atoms with E-state index in [2.05, 4.69) is 11.6 Å². The Morgan fingerprint density at radius 3 is 2.68 bits per heavy atom. The van der Waals surface area contributed by atoms with Crippen LogP contribution in [0.1, 0.15) is 37.3 Å². The second-order valence-electron chi connectivity index (χ2n) is 5.47. The van der Waals surface area contributed by atoms with E-state index in [0.717, 1.165) is 24.8 Å². The van der Waals surface area contributed by atoms with Gasteiger partial charge < -0.3 is 5.11 Å². The Morgan fingerprint density at radius 2 is 2.05 bits per heavy atom. The Kier molecular flexibility index (Phi) is 4.60. The molecule has 0 aliphatic heterocycles. The molecule has 1 aromatic carbocycles. The molecule has 0 spiro atoms. The first-order valence-corrected chi connectivity index (χ1v) is 8.32. The third-order valence-electron chi connectivity index (χ3n) is 3.57. The zero-order chi connectivity index (χ0) is 13.9. The summed E-state index contributed by atoms with van der Waals surface area (Å²) < 4.78 is 27.0. The quantitative estimate of drug-likeness (QED) is 0.865. The lowest BCUT2D eigenvalue weighted by Gasteiger charge is -2.13. The highest BCUT2D eigenvalue weighted by Gasteiger charge is 2.25. The van der Waals surface area contributed by atoms with Crippen LogP contribution < -0.4 is 4.72 Å². The summed E-state index contributed by atoms with van der Waals surface area (Å²) in [5.74, 6) is 0.580. The summed E-state index contributed by atoms with van der Waals surface area (Å²) in [5, 5.41) is 9.05. The van der Waals surface area contributed by atoms with Crippen LogP contribution in [-0.2, 0) is 22.4 Å². The molecule has 0 amide bonds. The van der Waals surface area contributed by atoms with Crippen LogP contribution in [0.4, 0.5) is 0 Å². The van der Waals surface area contributed by atoms with Crippen LogP contribution in [-0.4, -0.2) is 19.6 Å². The molecule has 0 heterocycles. The molecule has 1 aliphatic rings. The summed E-state index contributed by atoms with van der Waals surface area (Å²) in [5.41, 5.74) is 1.45. The van der Waals surface area contributed by atoms with Crippen molar-refractivity contribution in [3.05, 3.63) is 35.4 Å². The van der Waals surface area contributed by atoms with Gasteiger partial charge in [0.15, 0.2) is 0 Å². The first-order chi connectivity index (χ1) is 8.98. The van der Waals surface area contributed by atoms with Gasteiger partial charge >= 0.3 is 0 Å². The molecule has 2 unspecified atom stereocenters. The monoisotopic (exact) mass is 283 g/mol. The van der Waals surface area contributed by atoms with Crippen LogP contribution in [0.3, 0.4) is 0 Å². The van der Waals surface area contributed by atoms with Gasteiger partial charge in [-0.15, -0.1) is 0 Å². The number of nitrogens with one attached hydrogen (secondary N) is 1. The number of aliphatic hydroxyl groups excluding tert-OH is 1. The van der Waals surface area contributed by atoms with Crippen LogP contribution in [0.15, 0.2) is 24.3 Å². The van der Waals surface area contributed by atoms with E-state index in [1.165, 1.54) is 0 Å². The number of sulfonamides is 1. The van der Waals surface area contributed by atoms with Crippen LogP contribution in [0.2, 0.25) is 0 Å². The zero-order valence-corrected chi connectivity index (χ0v) is 12.0. The van der Waals surface area contributed by atoms with Gasteiger partial charge in [0, 0.05) is 6.04 Å². The Bertz CT molecular complexity index is 527. The number of hydrogen-bond donors (Lipinski definition) is 2. The molecule has 0 radical (unpaired) electrons. The number of benzene rings is 1. The fourth-order valence-electron chi connectivity index (χ4n) is 2.65. The summed E-state index contributed by atoms with van der Waals surface area (Å²) in [6, 6.07) is 7.14. The minimum atomic E-state index is -3.30. The minimum absolute atomic E-state index is 0.0221. The maximum atomic E-state index is 12.1. The van der Waals surface area contributed by atoms with E-state index in [9.17, 15) is 8.42 Å². The summed E-state index contributed by atoms with van der Waals surface area (Å²) in [7, 11) is -3.30. The van der Waals surface area contributed by atoms with Crippen LogP contribution >= 0.6 is 0 Å². The standard InChI is InChI=1S/C14H21NO3S/c1-11-5-6-14(7-11)15-19(17,18)10-13-4-2-3-12(8-13)9-16/h2-4,8,11,14-16H,5-7,9-10H2,1H3. The maximum absolute atomic E-state index is 12.1. The Balaban J connectivity index is 2.00. The van der Waals surface area contributed by atoms with E-state index in [4.69, 9.17) is 5.11 Å². The molecule has 1 aromatic rings. The molecule has 2 atom stereocenters. The van der Waals surface area contributed by atoms with Crippen molar-refractivity contribution in [2.45, 2.75) is 44.6 Å². The van der Waals surface area contributed by atoms with Crippen molar-refractivity contribution in [3.8, 4) is 0 Å². The zero-order valence-electron chi connectivity index (χ0n) is 11.2. The molecule has 2 rings (SSSR count). The van der Waals surface area contributed by atoms with Gasteiger partial charge in [-0.3, -0.25) is 0 Å². The smallest absolute Gasteiger partial charge is 0.216 e. The van der Waals surface area contributed by atoms with E-state index >= 15 is 0 Å². The van der Waals surface area contributed by atoms with Gasteiger partial charge in [0.2, 0.25) is 10.0 Å². The highest BCUT2D eigenvalue weighted by molar-refractivity contribution is 7.88. The Morgan fingerprint density at radius 1 is 1.32 bits per heavy atom. The molecule has 1 aliphatic carbocycles. The van der Waals surface area contributed by atoms with Crippen molar-refractivity contribution in [1.82, 2.24) is 4.72 Å². The summed E-state index contributed by atoms with van der Waals surface area (Å²) >= 11 is 0. The predicted molar refractivity (Wildman–Crippen MR) is 74.9 cm³/mol. The number of rotatable bonds is 5. The van der Waals surface area contributed by atoms with Gasteiger partial charge in [-0.25, -0.2) is 13.1 Å². The van der Waals surface area contributed by atoms with E-state index < -0.39 is 10.0 Å². The highest BCUT2D eigenvalue weighted by Crippen LogP contribution is 2.25. The van der Waals surface area contributed by atoms with Gasteiger partial charge in [0.1, 0.15) is 0 Å². The van der Waals surface area contributed by atoms with Crippen molar-refractivity contribution in [2.75, 3.05) is 0 Å². The van der Waals surface area contributed by atoms with Crippen LogP contribution in [0.5, 0.6) is 0 Å². The summed E-state index contributed by atoms with van der Waals surface area (Å²) in [6.45, 7) is 2.08. The lowest BCUT2D eigenvalue weighted by molar-refractivity contribution is 0.282. The second kappa shape index (κ2) is 6.03. The van der Waals surface area contributed by atoms with Gasteiger partial charge in [0.05, 0.1) is 12.4 Å². The van der Waals surface area contributed by atoms with E-state index in [1.54, 1.807) is 24.3 Å². The molecule has 2 N–H and O–H groups in total.